The van der Waals surface area contributed by atoms with Gasteiger partial charge in [-0.05, 0) is 97.4 Å². The van der Waals surface area contributed by atoms with Crippen LogP contribution in [0.2, 0.25) is 0 Å². The molecular formula is C30H34O3. The average molecular weight is 443 g/mol. The van der Waals surface area contributed by atoms with Crippen LogP contribution in [0, 0.1) is 17.3 Å². The molecular weight excluding hydrogens is 408 g/mol. The average Bonchev–Trinajstić information content (AvgIpc) is 3.15. The lowest BCUT2D eigenvalue weighted by Crippen LogP contribution is -2.42. The van der Waals surface area contributed by atoms with Crippen LogP contribution in [0.5, 0.6) is 5.75 Å². The van der Waals surface area contributed by atoms with Crippen LogP contribution in [0.25, 0.3) is 0 Å². The van der Waals surface area contributed by atoms with Gasteiger partial charge < -0.3 is 4.74 Å². The molecule has 2 aromatic carbocycles. The summed E-state index contributed by atoms with van der Waals surface area (Å²) in [6, 6.07) is 14.8. The number of fused-ring (bicyclic) bond motifs is 6. The lowest BCUT2D eigenvalue weighted by Gasteiger charge is -2.48. The Bertz CT molecular complexity index is 1100. The predicted molar refractivity (Wildman–Crippen MR) is 129 cm³/mol. The Balaban J connectivity index is 1.13. The van der Waals surface area contributed by atoms with E-state index in [-0.39, 0.29) is 11.2 Å². The van der Waals surface area contributed by atoms with Crippen LogP contribution in [-0.2, 0) is 11.2 Å². The van der Waals surface area contributed by atoms with Crippen LogP contribution in [0.4, 0.5) is 0 Å². The van der Waals surface area contributed by atoms with E-state index in [1.165, 1.54) is 23.1 Å². The predicted octanol–water partition coefficient (Wildman–Crippen LogP) is 6.64. The first kappa shape index (κ1) is 21.1. The Morgan fingerprint density at radius 2 is 1.82 bits per heavy atom. The summed E-state index contributed by atoms with van der Waals surface area (Å²) in [5.41, 5.74) is 5.02. The Hall–Kier alpha value is -2.42. The minimum absolute atomic E-state index is 0.0515. The number of benzene rings is 2. The number of rotatable bonds is 4. The van der Waals surface area contributed by atoms with Crippen LogP contribution < -0.4 is 4.74 Å². The number of aryl methyl sites for hydroxylation is 1. The lowest BCUT2D eigenvalue weighted by atomic mass is 9.55. The Morgan fingerprint density at radius 3 is 2.73 bits per heavy atom. The molecule has 0 saturated heterocycles. The van der Waals surface area contributed by atoms with Crippen molar-refractivity contribution in [2.45, 2.75) is 76.5 Å². The molecule has 0 bridgehead atoms. The van der Waals surface area contributed by atoms with Crippen molar-refractivity contribution < 1.29 is 14.3 Å². The molecule has 0 amide bonds. The van der Waals surface area contributed by atoms with E-state index in [4.69, 9.17) is 4.74 Å². The van der Waals surface area contributed by atoms with Gasteiger partial charge >= 0.3 is 0 Å². The van der Waals surface area contributed by atoms with Gasteiger partial charge in [0.1, 0.15) is 11.5 Å². The molecule has 0 N–H and O–H groups in total. The van der Waals surface area contributed by atoms with Gasteiger partial charge in [-0.15, -0.1) is 0 Å². The maximum Gasteiger partial charge on any atom is 0.163 e. The topological polar surface area (TPSA) is 43.4 Å². The summed E-state index contributed by atoms with van der Waals surface area (Å²) in [6.07, 6.45) is 8.93. The van der Waals surface area contributed by atoms with Crippen LogP contribution in [-0.4, -0.2) is 18.2 Å². The molecule has 5 atom stereocenters. The third kappa shape index (κ3) is 3.47. The third-order valence-corrected chi connectivity index (χ3v) is 9.56. The molecule has 0 aromatic heterocycles. The van der Waals surface area contributed by atoms with E-state index in [1.807, 2.05) is 18.2 Å². The van der Waals surface area contributed by atoms with Crippen molar-refractivity contribution in [3.8, 4) is 5.75 Å². The molecule has 2 aromatic rings. The zero-order chi connectivity index (χ0) is 22.6. The van der Waals surface area contributed by atoms with Crippen molar-refractivity contribution in [2.75, 3.05) is 6.61 Å². The van der Waals surface area contributed by atoms with Crippen LogP contribution in [0.15, 0.2) is 42.5 Å². The summed E-state index contributed by atoms with van der Waals surface area (Å²) in [5, 5.41) is 0. The molecule has 2 fully saturated rings. The molecule has 3 nitrogen and oxygen atoms in total. The quantitative estimate of drug-likeness (QED) is 0.533. The smallest absolute Gasteiger partial charge is 0.163 e. The normalized spacial score (nSPS) is 32.5. The molecule has 0 heterocycles. The van der Waals surface area contributed by atoms with Gasteiger partial charge in [0, 0.05) is 23.8 Å². The summed E-state index contributed by atoms with van der Waals surface area (Å²) in [4.78, 5) is 24.8. The summed E-state index contributed by atoms with van der Waals surface area (Å²) in [6.45, 7) is 2.93. The van der Waals surface area contributed by atoms with Crippen molar-refractivity contribution in [1.82, 2.24) is 0 Å². The maximum atomic E-state index is 12.6. The van der Waals surface area contributed by atoms with E-state index in [0.29, 0.717) is 42.5 Å². The number of carbonyl (C=O) groups excluding carboxylic acids is 2. The molecule has 0 spiro atoms. The van der Waals surface area contributed by atoms with Gasteiger partial charge in [-0.1, -0.05) is 37.3 Å². The van der Waals surface area contributed by atoms with Gasteiger partial charge in [0.2, 0.25) is 0 Å². The SMILES string of the molecule is C[C@]12CC[C@@H]3c4ccc(OCCC5CCC(=O)c6ccccc65)cc4CC[C@H]3[C@@H]1CCC2=O. The first-order valence-corrected chi connectivity index (χ1v) is 13.0. The minimum atomic E-state index is -0.0515. The van der Waals surface area contributed by atoms with Crippen molar-refractivity contribution in [3.05, 3.63) is 64.7 Å². The lowest BCUT2D eigenvalue weighted by molar-refractivity contribution is -0.129. The fraction of sp³-hybridized carbons (Fsp3) is 0.533. The van der Waals surface area contributed by atoms with Crippen molar-refractivity contribution in [3.63, 3.8) is 0 Å². The summed E-state index contributed by atoms with van der Waals surface area (Å²) < 4.78 is 6.22. The number of Topliss-reactive ketones (excluding diaryl/α,β-unsaturated/α-hetero) is 2. The van der Waals surface area contributed by atoms with Crippen LogP contribution in [0.3, 0.4) is 0 Å². The highest BCUT2D eigenvalue weighted by Crippen LogP contribution is 2.59. The number of hydrogen-bond acceptors (Lipinski definition) is 3. The van der Waals surface area contributed by atoms with E-state index >= 15 is 0 Å². The van der Waals surface area contributed by atoms with Crippen molar-refractivity contribution in [1.29, 1.82) is 0 Å². The van der Waals surface area contributed by atoms with E-state index in [9.17, 15) is 9.59 Å². The molecule has 0 aliphatic heterocycles. The van der Waals surface area contributed by atoms with E-state index < -0.39 is 0 Å². The Morgan fingerprint density at radius 1 is 0.939 bits per heavy atom. The first-order valence-electron chi connectivity index (χ1n) is 13.0. The summed E-state index contributed by atoms with van der Waals surface area (Å²) in [7, 11) is 0. The minimum Gasteiger partial charge on any atom is -0.494 e. The summed E-state index contributed by atoms with van der Waals surface area (Å²) >= 11 is 0. The summed E-state index contributed by atoms with van der Waals surface area (Å²) in [5.74, 6) is 4.04. The van der Waals surface area contributed by atoms with Crippen molar-refractivity contribution in [2.24, 2.45) is 17.3 Å². The number of ketones is 2. The van der Waals surface area contributed by atoms with Crippen molar-refractivity contribution >= 4 is 11.6 Å². The Labute approximate surface area is 196 Å². The maximum absolute atomic E-state index is 12.6. The monoisotopic (exact) mass is 442 g/mol. The fourth-order valence-corrected chi connectivity index (χ4v) is 7.74. The molecule has 6 rings (SSSR count). The first-order chi connectivity index (χ1) is 16.0. The molecule has 3 heteroatoms. The van der Waals surface area contributed by atoms with Gasteiger partial charge in [-0.3, -0.25) is 9.59 Å². The highest BCUT2D eigenvalue weighted by Gasteiger charge is 2.54. The number of hydrogen-bond donors (Lipinski definition) is 0. The van der Waals surface area contributed by atoms with E-state index in [0.717, 1.165) is 56.3 Å². The van der Waals surface area contributed by atoms with Gasteiger partial charge in [0.25, 0.3) is 0 Å². The largest absolute Gasteiger partial charge is 0.494 e. The third-order valence-electron chi connectivity index (χ3n) is 9.56. The Kier molecular flexibility index (Phi) is 5.19. The molecule has 172 valence electrons. The second kappa shape index (κ2) is 8.11. The number of ether oxygens (including phenoxy) is 1. The standard InChI is InChI=1S/C30H34O3/c1-30-16-14-24-23-10-8-21(18-20(23)6-9-25(24)27(30)11-13-29(30)32)33-17-15-19-7-12-28(31)26-5-3-2-4-22(19)26/h2-5,8,10,18-19,24-25,27H,6-7,9,11-17H2,1H3/t19?,24-,25-,27+,30+/m1/s1. The zero-order valence-electron chi connectivity index (χ0n) is 19.6. The second-order valence-electron chi connectivity index (χ2n) is 11.1. The number of carbonyl (C=O) groups is 2. The molecule has 1 unspecified atom stereocenters. The molecule has 2 saturated carbocycles. The van der Waals surface area contributed by atoms with Gasteiger partial charge in [-0.2, -0.15) is 0 Å². The van der Waals surface area contributed by atoms with Gasteiger partial charge in [0.15, 0.2) is 5.78 Å². The highest BCUT2D eigenvalue weighted by atomic mass is 16.5. The molecule has 33 heavy (non-hydrogen) atoms. The van der Waals surface area contributed by atoms with Gasteiger partial charge in [-0.25, -0.2) is 0 Å². The molecule has 0 radical (unpaired) electrons. The fourth-order valence-electron chi connectivity index (χ4n) is 7.74. The highest BCUT2D eigenvalue weighted by molar-refractivity contribution is 5.98. The van der Waals surface area contributed by atoms with Crippen LogP contribution >= 0.6 is 0 Å². The van der Waals surface area contributed by atoms with Crippen LogP contribution in [0.1, 0.15) is 97.2 Å². The van der Waals surface area contributed by atoms with E-state index in [2.05, 4.69) is 31.2 Å². The second-order valence-corrected chi connectivity index (χ2v) is 11.1. The van der Waals surface area contributed by atoms with E-state index in [1.54, 1.807) is 0 Å². The van der Waals surface area contributed by atoms with Gasteiger partial charge in [0.05, 0.1) is 6.61 Å². The zero-order valence-corrected chi connectivity index (χ0v) is 19.6. The molecule has 4 aliphatic rings. The molecule has 4 aliphatic carbocycles.